The number of sulfone groups is 1. The highest BCUT2D eigenvalue weighted by atomic mass is 32.2. The topological polar surface area (TPSA) is 37.4 Å². The van der Waals surface area contributed by atoms with Gasteiger partial charge in [0.15, 0.2) is 9.84 Å². The third-order valence-electron chi connectivity index (χ3n) is 3.60. The molecular formula is C13H25NO2S. The van der Waals surface area contributed by atoms with Gasteiger partial charge >= 0.3 is 0 Å². The van der Waals surface area contributed by atoms with E-state index in [2.05, 4.69) is 17.1 Å². The van der Waals surface area contributed by atoms with Gasteiger partial charge in [0.1, 0.15) is 0 Å². The fourth-order valence-corrected chi connectivity index (χ4v) is 2.75. The van der Waals surface area contributed by atoms with Gasteiger partial charge in [-0.25, -0.2) is 8.42 Å². The molecule has 4 heteroatoms. The molecule has 0 heterocycles. The average molecular weight is 259 g/mol. The van der Waals surface area contributed by atoms with E-state index in [9.17, 15) is 8.42 Å². The number of rotatable bonds is 5. The van der Waals surface area contributed by atoms with Crippen LogP contribution in [-0.2, 0) is 9.84 Å². The van der Waals surface area contributed by atoms with Crippen molar-refractivity contribution < 1.29 is 8.42 Å². The summed E-state index contributed by atoms with van der Waals surface area (Å²) in [4.78, 5) is 2.16. The molecule has 1 atom stereocenters. The second-order valence-corrected chi connectivity index (χ2v) is 8.53. The molecule has 0 bridgehead atoms. The third-order valence-corrected chi connectivity index (χ3v) is 5.74. The molecular weight excluding hydrogens is 234 g/mol. The Morgan fingerprint density at radius 1 is 1.35 bits per heavy atom. The summed E-state index contributed by atoms with van der Waals surface area (Å²) in [5.74, 6) is 0.681. The molecule has 0 unspecified atom stereocenters. The highest BCUT2D eigenvalue weighted by molar-refractivity contribution is 7.92. The summed E-state index contributed by atoms with van der Waals surface area (Å²) in [6, 6.07) is 0. The van der Waals surface area contributed by atoms with Crippen molar-refractivity contribution in [2.24, 2.45) is 5.92 Å². The zero-order chi connectivity index (χ0) is 13.1. The van der Waals surface area contributed by atoms with E-state index in [1.54, 1.807) is 13.8 Å². The predicted octanol–water partition coefficient (Wildman–Crippen LogP) is 2.10. The number of allylic oxidation sites excluding steroid dienone is 2. The minimum absolute atomic E-state index is 0.603. The summed E-state index contributed by atoms with van der Waals surface area (Å²) in [5, 5.41) is 0. The molecule has 0 aromatic heterocycles. The van der Waals surface area contributed by atoms with Crippen molar-refractivity contribution in [1.82, 2.24) is 4.90 Å². The molecule has 0 spiro atoms. The van der Waals surface area contributed by atoms with Crippen LogP contribution in [0.15, 0.2) is 12.2 Å². The highest BCUT2D eigenvalue weighted by Gasteiger charge is 2.31. The summed E-state index contributed by atoms with van der Waals surface area (Å²) in [6.45, 7) is 5.20. The minimum Gasteiger partial charge on any atom is -0.305 e. The zero-order valence-electron chi connectivity index (χ0n) is 11.4. The average Bonchev–Trinajstić information content (AvgIpc) is 2.16. The molecule has 0 aromatic rings. The second-order valence-electron chi connectivity index (χ2n) is 5.88. The van der Waals surface area contributed by atoms with E-state index >= 15 is 0 Å². The number of hydrogen-bond donors (Lipinski definition) is 0. The molecule has 1 rings (SSSR count). The molecule has 1 aliphatic carbocycles. The van der Waals surface area contributed by atoms with Crippen LogP contribution in [0, 0.1) is 5.92 Å². The van der Waals surface area contributed by atoms with Crippen LogP contribution in [0.1, 0.15) is 33.1 Å². The summed E-state index contributed by atoms with van der Waals surface area (Å²) in [7, 11) is -0.975. The van der Waals surface area contributed by atoms with Crippen molar-refractivity contribution in [3.8, 4) is 0 Å². The lowest BCUT2D eigenvalue weighted by molar-refractivity contribution is 0.247. The van der Waals surface area contributed by atoms with Crippen LogP contribution in [0.5, 0.6) is 0 Å². The third kappa shape index (κ3) is 4.43. The van der Waals surface area contributed by atoms with Crippen molar-refractivity contribution in [3.05, 3.63) is 12.2 Å². The lowest BCUT2D eigenvalue weighted by Gasteiger charge is -2.31. The molecule has 0 saturated carbocycles. The van der Waals surface area contributed by atoms with Gasteiger partial charge in [0.05, 0.1) is 4.75 Å². The van der Waals surface area contributed by atoms with Gasteiger partial charge in [-0.2, -0.15) is 0 Å². The van der Waals surface area contributed by atoms with Gasteiger partial charge in [-0.15, -0.1) is 0 Å². The van der Waals surface area contributed by atoms with Gasteiger partial charge in [0.25, 0.3) is 0 Å². The molecule has 0 N–H and O–H groups in total. The monoisotopic (exact) mass is 259 g/mol. The van der Waals surface area contributed by atoms with Gasteiger partial charge in [-0.05, 0) is 46.1 Å². The molecule has 0 aromatic carbocycles. The van der Waals surface area contributed by atoms with Crippen LogP contribution in [0.2, 0.25) is 0 Å². The van der Waals surface area contributed by atoms with Gasteiger partial charge in [-0.3, -0.25) is 0 Å². The summed E-state index contributed by atoms with van der Waals surface area (Å²) in [6.07, 6.45) is 9.31. The van der Waals surface area contributed by atoms with Crippen molar-refractivity contribution >= 4 is 9.84 Å². The van der Waals surface area contributed by atoms with Crippen LogP contribution in [0.25, 0.3) is 0 Å². The molecule has 0 aliphatic heterocycles. The van der Waals surface area contributed by atoms with E-state index in [4.69, 9.17) is 0 Å². The molecule has 0 saturated heterocycles. The fourth-order valence-electron chi connectivity index (χ4n) is 2.29. The first-order chi connectivity index (χ1) is 7.72. The van der Waals surface area contributed by atoms with Crippen molar-refractivity contribution in [2.75, 3.05) is 26.4 Å². The van der Waals surface area contributed by atoms with E-state index in [1.807, 2.05) is 7.05 Å². The Kier molecular flexibility index (Phi) is 4.78. The summed E-state index contributed by atoms with van der Waals surface area (Å²) < 4.78 is 22.6. The maximum absolute atomic E-state index is 11.6. The first kappa shape index (κ1) is 14.7. The van der Waals surface area contributed by atoms with Gasteiger partial charge in [0.2, 0.25) is 0 Å². The Labute approximate surface area is 106 Å². The normalized spacial score (nSPS) is 22.1. The van der Waals surface area contributed by atoms with Gasteiger partial charge in [-0.1, -0.05) is 12.2 Å². The first-order valence-corrected chi connectivity index (χ1v) is 8.14. The lowest BCUT2D eigenvalue weighted by Crippen LogP contribution is -2.43. The molecule has 1 aliphatic rings. The predicted molar refractivity (Wildman–Crippen MR) is 72.9 cm³/mol. The van der Waals surface area contributed by atoms with Crippen molar-refractivity contribution in [1.29, 1.82) is 0 Å². The van der Waals surface area contributed by atoms with Crippen molar-refractivity contribution in [2.45, 2.75) is 37.9 Å². The van der Waals surface area contributed by atoms with E-state index in [-0.39, 0.29) is 0 Å². The Hall–Kier alpha value is -0.350. The lowest BCUT2D eigenvalue weighted by atomic mass is 9.94. The van der Waals surface area contributed by atoms with Crippen LogP contribution < -0.4 is 0 Å². The van der Waals surface area contributed by atoms with E-state index in [1.165, 1.54) is 12.7 Å². The summed E-state index contributed by atoms with van der Waals surface area (Å²) >= 11 is 0. The SMILES string of the molecule is CN(C[C@H]1CC=CCC1)CC(C)(C)S(C)(=O)=O. The smallest absolute Gasteiger partial charge is 0.153 e. The molecule has 0 radical (unpaired) electrons. The van der Waals surface area contributed by atoms with Crippen LogP contribution in [0.3, 0.4) is 0 Å². The summed E-state index contributed by atoms with van der Waals surface area (Å²) in [5.41, 5.74) is 0. The zero-order valence-corrected chi connectivity index (χ0v) is 12.3. The van der Waals surface area contributed by atoms with Crippen LogP contribution >= 0.6 is 0 Å². The van der Waals surface area contributed by atoms with Crippen LogP contribution in [-0.4, -0.2) is 44.5 Å². The van der Waals surface area contributed by atoms with Crippen LogP contribution in [0.4, 0.5) is 0 Å². The molecule has 0 fully saturated rings. The maximum Gasteiger partial charge on any atom is 0.153 e. The van der Waals surface area contributed by atoms with Gasteiger partial charge in [0, 0.05) is 19.3 Å². The van der Waals surface area contributed by atoms with Crippen molar-refractivity contribution in [3.63, 3.8) is 0 Å². The Morgan fingerprint density at radius 3 is 2.47 bits per heavy atom. The van der Waals surface area contributed by atoms with E-state index in [0.717, 1.165) is 19.4 Å². The minimum atomic E-state index is -2.99. The van der Waals surface area contributed by atoms with E-state index in [0.29, 0.717) is 12.5 Å². The quantitative estimate of drug-likeness (QED) is 0.710. The van der Waals surface area contributed by atoms with Gasteiger partial charge < -0.3 is 4.90 Å². The molecule has 0 amide bonds. The number of hydrogen-bond acceptors (Lipinski definition) is 3. The molecule has 3 nitrogen and oxygen atoms in total. The largest absolute Gasteiger partial charge is 0.305 e. The standard InChI is InChI=1S/C13H25NO2S/c1-13(2,17(4,15)16)11-14(3)10-12-8-6-5-7-9-12/h5-6,12H,7-11H2,1-4H3/t12-/m0/s1. The van der Waals surface area contributed by atoms with E-state index < -0.39 is 14.6 Å². The molecule has 17 heavy (non-hydrogen) atoms. The second kappa shape index (κ2) is 5.53. The Bertz CT molecular complexity index is 371. The fraction of sp³-hybridized carbons (Fsp3) is 0.846. The first-order valence-electron chi connectivity index (χ1n) is 6.25. The Morgan fingerprint density at radius 2 is 2.00 bits per heavy atom. The number of nitrogens with zero attached hydrogens (tertiary/aromatic N) is 1. The Balaban J connectivity index is 2.49. The molecule has 100 valence electrons. The maximum atomic E-state index is 11.6. The highest BCUT2D eigenvalue weighted by Crippen LogP contribution is 2.21.